The fraction of sp³-hybridized carbons (Fsp3) is 0.111. The smallest absolute Gasteiger partial charge is 0.300 e. The number of hydrogen-bond donors (Lipinski definition) is 0. The lowest BCUT2D eigenvalue weighted by atomic mass is 10.2. The number of nitrogens with zero attached hydrogens (tertiary/aromatic N) is 2. The second-order valence-electron chi connectivity index (χ2n) is 2.86. The zero-order valence-electron chi connectivity index (χ0n) is 7.70. The first-order valence-corrected chi connectivity index (χ1v) is 6.48. The van der Waals surface area contributed by atoms with Crippen LogP contribution in [-0.4, -0.2) is 10.2 Å². The lowest BCUT2D eigenvalue weighted by Gasteiger charge is -2.04. The summed E-state index contributed by atoms with van der Waals surface area (Å²) in [5, 5.41) is 8.18. The summed E-state index contributed by atoms with van der Waals surface area (Å²) in [6.07, 6.45) is 0. The SMILES string of the molecule is Cc1ccc(Oc2nnc(Br)s2)c(Br)c1. The molecule has 0 saturated heterocycles. The van der Waals surface area contributed by atoms with E-state index in [2.05, 4.69) is 42.1 Å². The van der Waals surface area contributed by atoms with Gasteiger partial charge in [-0.05, 0) is 67.8 Å². The maximum Gasteiger partial charge on any atom is 0.300 e. The maximum atomic E-state index is 5.55. The monoisotopic (exact) mass is 348 g/mol. The Balaban J connectivity index is 2.24. The molecule has 0 radical (unpaired) electrons. The number of benzene rings is 1. The van der Waals surface area contributed by atoms with E-state index < -0.39 is 0 Å². The van der Waals surface area contributed by atoms with E-state index in [-0.39, 0.29) is 0 Å². The van der Waals surface area contributed by atoms with Gasteiger partial charge in [0.2, 0.25) is 0 Å². The molecule has 0 saturated carbocycles. The lowest BCUT2D eigenvalue weighted by molar-refractivity contribution is 0.470. The van der Waals surface area contributed by atoms with Gasteiger partial charge in [-0.15, -0.1) is 5.10 Å². The molecule has 0 aliphatic rings. The van der Waals surface area contributed by atoms with Crippen molar-refractivity contribution < 1.29 is 4.74 Å². The molecule has 3 nitrogen and oxygen atoms in total. The third-order valence-corrected chi connectivity index (χ3v) is 3.52. The van der Waals surface area contributed by atoms with Crippen molar-refractivity contribution in [2.45, 2.75) is 6.92 Å². The summed E-state index contributed by atoms with van der Waals surface area (Å²) < 4.78 is 7.17. The van der Waals surface area contributed by atoms with Gasteiger partial charge < -0.3 is 4.74 Å². The Labute approximate surface area is 108 Å². The molecule has 0 aliphatic heterocycles. The first-order chi connectivity index (χ1) is 7.15. The van der Waals surface area contributed by atoms with Crippen LogP contribution in [0.15, 0.2) is 26.6 Å². The van der Waals surface area contributed by atoms with Gasteiger partial charge >= 0.3 is 0 Å². The van der Waals surface area contributed by atoms with Gasteiger partial charge in [0.05, 0.1) is 4.47 Å². The van der Waals surface area contributed by atoms with Crippen LogP contribution in [0.2, 0.25) is 0 Å². The predicted octanol–water partition coefficient (Wildman–Crippen LogP) is 4.16. The molecule has 0 N–H and O–H groups in total. The van der Waals surface area contributed by atoms with Crippen molar-refractivity contribution in [1.29, 1.82) is 0 Å². The maximum absolute atomic E-state index is 5.55. The van der Waals surface area contributed by atoms with Crippen molar-refractivity contribution in [3.63, 3.8) is 0 Å². The zero-order valence-corrected chi connectivity index (χ0v) is 11.7. The summed E-state index contributed by atoms with van der Waals surface area (Å²) in [7, 11) is 0. The molecule has 78 valence electrons. The standard InChI is InChI=1S/C9H6Br2N2OS/c1-5-2-3-7(6(10)4-5)14-9-13-12-8(11)15-9/h2-4H,1H3. The molecular formula is C9H6Br2N2OS. The normalized spacial score (nSPS) is 10.3. The van der Waals surface area contributed by atoms with Gasteiger partial charge in [0.25, 0.3) is 5.19 Å². The Morgan fingerprint density at radius 2 is 2.07 bits per heavy atom. The molecule has 0 bridgehead atoms. The van der Waals surface area contributed by atoms with E-state index in [1.54, 1.807) is 0 Å². The molecule has 0 aliphatic carbocycles. The van der Waals surface area contributed by atoms with Crippen LogP contribution in [0.1, 0.15) is 5.56 Å². The average molecular weight is 350 g/mol. The number of hydrogen-bond acceptors (Lipinski definition) is 4. The highest BCUT2D eigenvalue weighted by Crippen LogP contribution is 2.32. The summed E-state index contributed by atoms with van der Waals surface area (Å²) >= 11 is 8.01. The van der Waals surface area contributed by atoms with Gasteiger partial charge in [-0.3, -0.25) is 0 Å². The molecule has 2 aromatic rings. The molecule has 15 heavy (non-hydrogen) atoms. The molecule has 0 unspecified atom stereocenters. The van der Waals surface area contributed by atoms with Crippen molar-refractivity contribution in [1.82, 2.24) is 10.2 Å². The van der Waals surface area contributed by atoms with Gasteiger partial charge in [-0.1, -0.05) is 11.2 Å². The largest absolute Gasteiger partial charge is 0.429 e. The van der Waals surface area contributed by atoms with Crippen molar-refractivity contribution in [3.8, 4) is 10.9 Å². The second-order valence-corrected chi connectivity index (χ2v) is 5.93. The summed E-state index contributed by atoms with van der Waals surface area (Å²) in [6, 6.07) is 5.87. The molecule has 1 aromatic heterocycles. The van der Waals surface area contributed by atoms with Gasteiger partial charge in [-0.25, -0.2) is 0 Å². The average Bonchev–Trinajstić information content (AvgIpc) is 2.56. The highest BCUT2D eigenvalue weighted by atomic mass is 79.9. The van der Waals surface area contributed by atoms with Gasteiger partial charge in [0.15, 0.2) is 3.92 Å². The Morgan fingerprint density at radius 3 is 2.67 bits per heavy atom. The molecule has 2 rings (SSSR count). The Bertz CT molecular complexity index is 487. The third kappa shape index (κ3) is 2.76. The Kier molecular flexibility index (Phi) is 3.38. The molecule has 1 aromatic carbocycles. The van der Waals surface area contributed by atoms with E-state index in [9.17, 15) is 0 Å². The summed E-state index contributed by atoms with van der Waals surface area (Å²) in [4.78, 5) is 0. The van der Waals surface area contributed by atoms with Crippen molar-refractivity contribution >= 4 is 43.2 Å². The van der Waals surface area contributed by atoms with Crippen LogP contribution in [0.3, 0.4) is 0 Å². The van der Waals surface area contributed by atoms with Crippen LogP contribution in [0.25, 0.3) is 0 Å². The topological polar surface area (TPSA) is 35.0 Å². The van der Waals surface area contributed by atoms with Crippen molar-refractivity contribution in [2.24, 2.45) is 0 Å². The summed E-state index contributed by atoms with van der Waals surface area (Å²) in [6.45, 7) is 2.02. The number of aromatic nitrogens is 2. The third-order valence-electron chi connectivity index (χ3n) is 1.67. The minimum Gasteiger partial charge on any atom is -0.429 e. The number of ether oxygens (including phenoxy) is 1. The van der Waals surface area contributed by atoms with E-state index in [1.165, 1.54) is 16.9 Å². The molecule has 0 spiro atoms. The van der Waals surface area contributed by atoms with Crippen LogP contribution in [0.4, 0.5) is 0 Å². The van der Waals surface area contributed by atoms with Crippen molar-refractivity contribution in [2.75, 3.05) is 0 Å². The van der Waals surface area contributed by atoms with Crippen LogP contribution < -0.4 is 4.74 Å². The van der Waals surface area contributed by atoms with E-state index in [0.29, 0.717) is 9.11 Å². The van der Waals surface area contributed by atoms with E-state index in [1.807, 2.05) is 25.1 Å². The van der Waals surface area contributed by atoms with E-state index in [4.69, 9.17) is 4.74 Å². The molecule has 1 heterocycles. The molecule has 0 atom stereocenters. The fourth-order valence-electron chi connectivity index (χ4n) is 1.02. The van der Waals surface area contributed by atoms with Crippen molar-refractivity contribution in [3.05, 3.63) is 32.2 Å². The fourth-order valence-corrected chi connectivity index (χ4v) is 2.52. The number of aryl methyl sites for hydroxylation is 1. The van der Waals surface area contributed by atoms with Crippen LogP contribution in [0, 0.1) is 6.92 Å². The van der Waals surface area contributed by atoms with Gasteiger partial charge in [0, 0.05) is 0 Å². The molecule has 0 fully saturated rings. The minimum atomic E-state index is 0.520. The summed E-state index contributed by atoms with van der Waals surface area (Å²) in [5.74, 6) is 0.740. The second kappa shape index (κ2) is 4.59. The molecule has 0 amide bonds. The predicted molar refractivity (Wildman–Crippen MR) is 66.6 cm³/mol. The Morgan fingerprint density at radius 1 is 1.27 bits per heavy atom. The zero-order chi connectivity index (χ0) is 10.8. The van der Waals surface area contributed by atoms with E-state index in [0.717, 1.165) is 10.2 Å². The van der Waals surface area contributed by atoms with E-state index >= 15 is 0 Å². The highest BCUT2D eigenvalue weighted by Gasteiger charge is 2.06. The van der Waals surface area contributed by atoms with Crippen LogP contribution in [0.5, 0.6) is 10.9 Å². The first-order valence-electron chi connectivity index (χ1n) is 4.08. The quantitative estimate of drug-likeness (QED) is 0.816. The van der Waals surface area contributed by atoms with Gasteiger partial charge in [-0.2, -0.15) is 0 Å². The molecule has 6 heteroatoms. The summed E-state index contributed by atoms with van der Waals surface area (Å²) in [5.41, 5.74) is 1.17. The number of halogens is 2. The van der Waals surface area contributed by atoms with Crippen LogP contribution in [-0.2, 0) is 0 Å². The molecular weight excluding hydrogens is 344 g/mol. The highest BCUT2D eigenvalue weighted by molar-refractivity contribution is 9.11. The Hall–Kier alpha value is -0.460. The minimum absolute atomic E-state index is 0.520. The van der Waals surface area contributed by atoms with Crippen LogP contribution >= 0.6 is 43.2 Å². The van der Waals surface area contributed by atoms with Gasteiger partial charge in [0.1, 0.15) is 5.75 Å². The lowest BCUT2D eigenvalue weighted by Crippen LogP contribution is -1.85. The first kappa shape index (κ1) is 11.0. The number of rotatable bonds is 2.